The Morgan fingerprint density at radius 2 is 2.06 bits per heavy atom. The van der Waals surface area contributed by atoms with Crippen molar-refractivity contribution in [3.63, 3.8) is 0 Å². The first-order valence-corrected chi connectivity index (χ1v) is 6.24. The van der Waals surface area contributed by atoms with Gasteiger partial charge in [0.15, 0.2) is 0 Å². The highest BCUT2D eigenvalue weighted by Gasteiger charge is 2.10. The lowest BCUT2D eigenvalue weighted by molar-refractivity contribution is 0.538. The van der Waals surface area contributed by atoms with Gasteiger partial charge in [-0.3, -0.25) is 0 Å². The molecule has 0 aliphatic heterocycles. The summed E-state index contributed by atoms with van der Waals surface area (Å²) in [5.74, 6) is 0.307. The van der Waals surface area contributed by atoms with Gasteiger partial charge >= 0.3 is 0 Å². The van der Waals surface area contributed by atoms with Crippen LogP contribution < -0.4 is 5.32 Å². The fourth-order valence-electron chi connectivity index (χ4n) is 1.95. The molecule has 16 heavy (non-hydrogen) atoms. The summed E-state index contributed by atoms with van der Waals surface area (Å²) in [6.07, 6.45) is 3.39. The van der Waals surface area contributed by atoms with Crippen molar-refractivity contribution in [2.75, 3.05) is 13.1 Å². The van der Waals surface area contributed by atoms with Gasteiger partial charge in [-0.1, -0.05) is 32.4 Å². The van der Waals surface area contributed by atoms with Crippen molar-refractivity contribution in [2.24, 2.45) is 0 Å². The van der Waals surface area contributed by atoms with Gasteiger partial charge in [0, 0.05) is 6.54 Å². The van der Waals surface area contributed by atoms with E-state index in [0.29, 0.717) is 5.92 Å². The highest BCUT2D eigenvalue weighted by atomic mass is 19.1. The summed E-state index contributed by atoms with van der Waals surface area (Å²) in [5, 5.41) is 3.42. The molecule has 0 heterocycles. The summed E-state index contributed by atoms with van der Waals surface area (Å²) in [7, 11) is 0. The summed E-state index contributed by atoms with van der Waals surface area (Å²) in [5.41, 5.74) is 1.12. The smallest absolute Gasteiger partial charge is 0.123 e. The normalized spacial score (nSPS) is 12.7. The number of hydrogen-bond acceptors (Lipinski definition) is 1. The summed E-state index contributed by atoms with van der Waals surface area (Å²) >= 11 is 0. The van der Waals surface area contributed by atoms with E-state index in [-0.39, 0.29) is 5.82 Å². The number of hydrogen-bond donors (Lipinski definition) is 1. The van der Waals surface area contributed by atoms with Crippen LogP contribution in [-0.2, 0) is 0 Å². The molecule has 1 aromatic carbocycles. The molecule has 0 aliphatic carbocycles. The van der Waals surface area contributed by atoms with Gasteiger partial charge in [0.1, 0.15) is 5.82 Å². The molecule has 1 atom stereocenters. The van der Waals surface area contributed by atoms with Crippen molar-refractivity contribution in [2.45, 2.75) is 39.0 Å². The fourth-order valence-corrected chi connectivity index (χ4v) is 1.95. The molecule has 0 aromatic heterocycles. The van der Waals surface area contributed by atoms with E-state index in [4.69, 9.17) is 0 Å². The zero-order valence-corrected chi connectivity index (χ0v) is 10.3. The Balaban J connectivity index is 2.61. The van der Waals surface area contributed by atoms with Crippen LogP contribution in [0.15, 0.2) is 24.3 Å². The summed E-state index contributed by atoms with van der Waals surface area (Å²) in [4.78, 5) is 0. The largest absolute Gasteiger partial charge is 0.316 e. The lowest BCUT2D eigenvalue weighted by Gasteiger charge is -2.17. The molecule has 1 rings (SSSR count). The van der Waals surface area contributed by atoms with Crippen molar-refractivity contribution >= 4 is 0 Å². The Hall–Kier alpha value is -0.890. The first-order valence-electron chi connectivity index (χ1n) is 6.24. The maximum absolute atomic E-state index is 13.1. The second-order valence-corrected chi connectivity index (χ2v) is 4.24. The maximum Gasteiger partial charge on any atom is 0.123 e. The molecule has 1 nitrogen and oxygen atoms in total. The van der Waals surface area contributed by atoms with E-state index < -0.39 is 0 Å². The van der Waals surface area contributed by atoms with E-state index in [1.807, 2.05) is 6.07 Å². The van der Waals surface area contributed by atoms with Crippen LogP contribution in [0.4, 0.5) is 4.39 Å². The second kappa shape index (κ2) is 7.39. The van der Waals surface area contributed by atoms with Crippen LogP contribution >= 0.6 is 0 Å². The Morgan fingerprint density at radius 3 is 2.69 bits per heavy atom. The van der Waals surface area contributed by atoms with E-state index in [1.54, 1.807) is 12.1 Å². The van der Waals surface area contributed by atoms with Crippen molar-refractivity contribution in [1.82, 2.24) is 5.32 Å². The van der Waals surface area contributed by atoms with Gasteiger partial charge in [0.05, 0.1) is 0 Å². The van der Waals surface area contributed by atoms with Crippen LogP contribution in [0.5, 0.6) is 0 Å². The standard InChI is InChI=1S/C14H22FN/c1-3-6-13(11-16-9-4-2)12-7-5-8-14(15)10-12/h5,7-8,10,13,16H,3-4,6,9,11H2,1-2H3. The molecule has 0 fully saturated rings. The second-order valence-electron chi connectivity index (χ2n) is 4.24. The first kappa shape index (κ1) is 13.2. The topological polar surface area (TPSA) is 12.0 Å². The van der Waals surface area contributed by atoms with Crippen LogP contribution in [0.25, 0.3) is 0 Å². The zero-order chi connectivity index (χ0) is 11.8. The highest BCUT2D eigenvalue weighted by molar-refractivity contribution is 5.21. The molecule has 1 unspecified atom stereocenters. The van der Waals surface area contributed by atoms with Crippen LogP contribution in [0.2, 0.25) is 0 Å². The van der Waals surface area contributed by atoms with E-state index in [1.165, 1.54) is 6.07 Å². The maximum atomic E-state index is 13.1. The quantitative estimate of drug-likeness (QED) is 0.695. The first-order chi connectivity index (χ1) is 7.77. The van der Waals surface area contributed by atoms with Crippen molar-refractivity contribution in [3.05, 3.63) is 35.6 Å². The van der Waals surface area contributed by atoms with Crippen LogP contribution in [0.1, 0.15) is 44.6 Å². The molecule has 0 radical (unpaired) electrons. The van der Waals surface area contributed by atoms with E-state index in [0.717, 1.165) is 37.9 Å². The summed E-state index contributed by atoms with van der Waals surface area (Å²) < 4.78 is 13.1. The minimum atomic E-state index is -0.130. The van der Waals surface area contributed by atoms with Crippen LogP contribution in [-0.4, -0.2) is 13.1 Å². The highest BCUT2D eigenvalue weighted by Crippen LogP contribution is 2.21. The van der Waals surface area contributed by atoms with Gasteiger partial charge < -0.3 is 5.32 Å². The molecule has 0 aliphatic rings. The average Bonchev–Trinajstić information content (AvgIpc) is 2.28. The van der Waals surface area contributed by atoms with Gasteiger partial charge in [0.25, 0.3) is 0 Å². The minimum absolute atomic E-state index is 0.130. The SMILES string of the molecule is CCCNCC(CCC)c1cccc(F)c1. The van der Waals surface area contributed by atoms with Gasteiger partial charge in [-0.15, -0.1) is 0 Å². The number of halogens is 1. The lowest BCUT2D eigenvalue weighted by atomic mass is 9.94. The van der Waals surface area contributed by atoms with Crippen molar-refractivity contribution in [1.29, 1.82) is 0 Å². The molecular formula is C14H22FN. The Bertz CT molecular complexity index is 299. The number of nitrogens with one attached hydrogen (secondary N) is 1. The van der Waals surface area contributed by atoms with Gasteiger partial charge in [-0.2, -0.15) is 0 Å². The Labute approximate surface area is 98.1 Å². The van der Waals surface area contributed by atoms with Crippen molar-refractivity contribution in [3.8, 4) is 0 Å². The predicted octanol–water partition coefficient (Wildman–Crippen LogP) is 3.71. The lowest BCUT2D eigenvalue weighted by Crippen LogP contribution is -2.22. The third-order valence-electron chi connectivity index (χ3n) is 2.77. The van der Waals surface area contributed by atoms with Gasteiger partial charge in [-0.25, -0.2) is 4.39 Å². The molecule has 1 aromatic rings. The fraction of sp³-hybridized carbons (Fsp3) is 0.571. The van der Waals surface area contributed by atoms with Gasteiger partial charge in [0.2, 0.25) is 0 Å². The average molecular weight is 223 g/mol. The minimum Gasteiger partial charge on any atom is -0.316 e. The van der Waals surface area contributed by atoms with Crippen LogP contribution in [0, 0.1) is 5.82 Å². The Kier molecular flexibility index (Phi) is 6.09. The third kappa shape index (κ3) is 4.31. The van der Waals surface area contributed by atoms with Crippen LogP contribution in [0.3, 0.4) is 0 Å². The molecule has 0 saturated carbocycles. The predicted molar refractivity (Wildman–Crippen MR) is 67.2 cm³/mol. The third-order valence-corrected chi connectivity index (χ3v) is 2.77. The Morgan fingerprint density at radius 1 is 1.25 bits per heavy atom. The van der Waals surface area contributed by atoms with E-state index in [2.05, 4.69) is 19.2 Å². The zero-order valence-electron chi connectivity index (χ0n) is 10.3. The molecule has 1 N–H and O–H groups in total. The monoisotopic (exact) mass is 223 g/mol. The molecule has 2 heteroatoms. The molecule has 0 amide bonds. The van der Waals surface area contributed by atoms with E-state index >= 15 is 0 Å². The molecule has 0 bridgehead atoms. The number of benzene rings is 1. The molecular weight excluding hydrogens is 201 g/mol. The number of rotatable bonds is 7. The molecule has 90 valence electrons. The summed E-state index contributed by atoms with van der Waals surface area (Å²) in [6, 6.07) is 6.99. The van der Waals surface area contributed by atoms with Gasteiger partial charge in [-0.05, 0) is 43.0 Å². The summed E-state index contributed by atoms with van der Waals surface area (Å²) in [6.45, 7) is 6.32. The van der Waals surface area contributed by atoms with Crippen molar-refractivity contribution < 1.29 is 4.39 Å². The van der Waals surface area contributed by atoms with E-state index in [9.17, 15) is 4.39 Å². The molecule has 0 spiro atoms. The molecule has 0 saturated heterocycles.